The molecule has 0 spiro atoms. The van der Waals surface area contributed by atoms with Crippen LogP contribution >= 0.6 is 0 Å². The highest BCUT2D eigenvalue weighted by molar-refractivity contribution is 5.75. The average Bonchev–Trinajstić information content (AvgIpc) is 2.70. The smallest absolute Gasteiger partial charge is 0.313 e. The first-order valence-electron chi connectivity index (χ1n) is 5.28. The van der Waals surface area contributed by atoms with Crippen LogP contribution in [-0.2, 0) is 16.0 Å². The van der Waals surface area contributed by atoms with E-state index in [1.54, 1.807) is 6.07 Å². The molecule has 1 N–H and O–H groups in total. The molecule has 0 fully saturated rings. The number of methoxy groups -OCH3 is 1. The molecule has 6 nitrogen and oxygen atoms in total. The number of fused-ring (bicyclic) bond motifs is 1. The maximum atomic E-state index is 11.1. The van der Waals surface area contributed by atoms with Crippen molar-refractivity contribution in [2.75, 3.05) is 13.7 Å². The maximum Gasteiger partial charge on any atom is 0.313 e. The Morgan fingerprint density at radius 1 is 1.41 bits per heavy atom. The van der Waals surface area contributed by atoms with E-state index in [-0.39, 0.29) is 12.4 Å². The van der Waals surface area contributed by atoms with Crippen LogP contribution in [0.4, 0.5) is 0 Å². The highest BCUT2D eigenvalue weighted by Gasteiger charge is 2.09. The Kier molecular flexibility index (Phi) is 3.22. The Balaban J connectivity index is 2.27. The lowest BCUT2D eigenvalue weighted by atomic mass is 10.4. The number of ether oxygens (including phenoxy) is 2. The van der Waals surface area contributed by atoms with E-state index < -0.39 is 0 Å². The molecule has 0 atom stereocenters. The summed E-state index contributed by atoms with van der Waals surface area (Å²) < 4.78 is 9.84. The summed E-state index contributed by atoms with van der Waals surface area (Å²) in [5, 5.41) is 0. The molecule has 0 aliphatic carbocycles. The van der Waals surface area contributed by atoms with Crippen molar-refractivity contribution >= 4 is 17.1 Å². The van der Waals surface area contributed by atoms with Gasteiger partial charge in [-0.15, -0.1) is 0 Å². The van der Waals surface area contributed by atoms with Crippen LogP contribution in [0.5, 0.6) is 5.88 Å². The first-order chi connectivity index (χ1) is 8.22. The molecule has 2 rings (SSSR count). The SMILES string of the molecule is CCOc1ccc2[nH]c(CC(=O)OC)nc2n1. The number of aromatic amines is 1. The Labute approximate surface area is 98.0 Å². The Bertz CT molecular complexity index is 536. The zero-order valence-corrected chi connectivity index (χ0v) is 9.69. The molecule has 2 aromatic heterocycles. The quantitative estimate of drug-likeness (QED) is 0.802. The van der Waals surface area contributed by atoms with Gasteiger partial charge in [-0.1, -0.05) is 0 Å². The number of hydrogen-bond acceptors (Lipinski definition) is 5. The second kappa shape index (κ2) is 4.82. The third-order valence-corrected chi connectivity index (χ3v) is 2.20. The minimum Gasteiger partial charge on any atom is -0.478 e. The number of pyridine rings is 1. The van der Waals surface area contributed by atoms with Crippen LogP contribution in [0.2, 0.25) is 0 Å². The first kappa shape index (κ1) is 11.4. The predicted octanol–water partition coefficient (Wildman–Crippen LogP) is 1.07. The van der Waals surface area contributed by atoms with Gasteiger partial charge in [0.25, 0.3) is 0 Å². The first-order valence-corrected chi connectivity index (χ1v) is 5.28. The van der Waals surface area contributed by atoms with E-state index in [0.717, 1.165) is 5.52 Å². The number of rotatable bonds is 4. The third-order valence-electron chi connectivity index (χ3n) is 2.20. The number of carbonyl (C=O) groups excluding carboxylic acids is 1. The van der Waals surface area contributed by atoms with Crippen molar-refractivity contribution in [3.05, 3.63) is 18.0 Å². The number of imidazole rings is 1. The molecular weight excluding hydrogens is 222 g/mol. The Morgan fingerprint density at radius 3 is 2.94 bits per heavy atom. The van der Waals surface area contributed by atoms with Crippen LogP contribution in [0.25, 0.3) is 11.2 Å². The third kappa shape index (κ3) is 2.52. The molecule has 0 aliphatic heterocycles. The number of aromatic nitrogens is 3. The molecule has 0 amide bonds. The zero-order chi connectivity index (χ0) is 12.3. The summed E-state index contributed by atoms with van der Waals surface area (Å²) in [4.78, 5) is 22.5. The number of nitrogens with zero attached hydrogens (tertiary/aromatic N) is 2. The van der Waals surface area contributed by atoms with E-state index in [1.807, 2.05) is 13.0 Å². The van der Waals surface area contributed by atoms with Gasteiger partial charge in [0.2, 0.25) is 5.88 Å². The van der Waals surface area contributed by atoms with Crippen molar-refractivity contribution in [1.29, 1.82) is 0 Å². The average molecular weight is 235 g/mol. The molecule has 17 heavy (non-hydrogen) atoms. The maximum absolute atomic E-state index is 11.1. The molecule has 0 aromatic carbocycles. The van der Waals surface area contributed by atoms with E-state index in [1.165, 1.54) is 7.11 Å². The van der Waals surface area contributed by atoms with E-state index in [2.05, 4.69) is 19.7 Å². The molecule has 90 valence electrons. The monoisotopic (exact) mass is 235 g/mol. The van der Waals surface area contributed by atoms with E-state index in [4.69, 9.17) is 4.74 Å². The van der Waals surface area contributed by atoms with Gasteiger partial charge < -0.3 is 14.5 Å². The van der Waals surface area contributed by atoms with Crippen LogP contribution in [-0.4, -0.2) is 34.6 Å². The second-order valence-corrected chi connectivity index (χ2v) is 3.39. The summed E-state index contributed by atoms with van der Waals surface area (Å²) in [5.74, 6) is 0.721. The summed E-state index contributed by atoms with van der Waals surface area (Å²) in [5.41, 5.74) is 1.31. The molecule has 0 bridgehead atoms. The Hall–Kier alpha value is -2.11. The molecule has 2 heterocycles. The molecular formula is C11H13N3O3. The van der Waals surface area contributed by atoms with Gasteiger partial charge in [-0.3, -0.25) is 4.79 Å². The van der Waals surface area contributed by atoms with Gasteiger partial charge in [0.05, 0.1) is 19.2 Å². The number of nitrogens with one attached hydrogen (secondary N) is 1. The summed E-state index contributed by atoms with van der Waals surface area (Å²) in [7, 11) is 1.34. The van der Waals surface area contributed by atoms with Crippen molar-refractivity contribution < 1.29 is 14.3 Å². The van der Waals surface area contributed by atoms with Crippen molar-refractivity contribution in [2.45, 2.75) is 13.3 Å². The van der Waals surface area contributed by atoms with E-state index in [9.17, 15) is 4.79 Å². The van der Waals surface area contributed by atoms with Crippen molar-refractivity contribution in [1.82, 2.24) is 15.0 Å². The minimum atomic E-state index is -0.339. The van der Waals surface area contributed by atoms with E-state index in [0.29, 0.717) is 24.0 Å². The van der Waals surface area contributed by atoms with Crippen LogP contribution in [0.15, 0.2) is 12.1 Å². The lowest BCUT2D eigenvalue weighted by molar-refractivity contribution is -0.139. The van der Waals surface area contributed by atoms with Gasteiger partial charge in [0.15, 0.2) is 5.65 Å². The fraction of sp³-hybridized carbons (Fsp3) is 0.364. The molecule has 6 heteroatoms. The molecule has 2 aromatic rings. The van der Waals surface area contributed by atoms with Crippen LogP contribution in [0, 0.1) is 0 Å². The number of esters is 1. The number of H-pyrrole nitrogens is 1. The standard InChI is InChI=1S/C11H13N3O3/c1-3-17-9-5-4-7-11(14-9)13-8(12-7)6-10(15)16-2/h4-5H,3,6H2,1-2H3,(H,12,13,14). The lowest BCUT2D eigenvalue weighted by Gasteiger charge is -1.99. The molecule has 0 aliphatic rings. The Morgan fingerprint density at radius 2 is 2.24 bits per heavy atom. The molecule has 0 saturated heterocycles. The van der Waals surface area contributed by atoms with Gasteiger partial charge in [0.1, 0.15) is 12.2 Å². The summed E-state index contributed by atoms with van der Waals surface area (Å²) in [6, 6.07) is 3.58. The number of hydrogen-bond donors (Lipinski definition) is 1. The molecule has 0 saturated carbocycles. The minimum absolute atomic E-state index is 0.108. The highest BCUT2D eigenvalue weighted by atomic mass is 16.5. The fourth-order valence-corrected chi connectivity index (χ4v) is 1.45. The summed E-state index contributed by atoms with van der Waals surface area (Å²) in [6.07, 6.45) is 0.108. The zero-order valence-electron chi connectivity index (χ0n) is 9.69. The van der Waals surface area contributed by atoms with Gasteiger partial charge in [0, 0.05) is 6.07 Å². The van der Waals surface area contributed by atoms with Crippen LogP contribution in [0.1, 0.15) is 12.7 Å². The largest absolute Gasteiger partial charge is 0.478 e. The van der Waals surface area contributed by atoms with E-state index >= 15 is 0 Å². The van der Waals surface area contributed by atoms with Crippen LogP contribution < -0.4 is 4.74 Å². The predicted molar refractivity (Wildman–Crippen MR) is 60.8 cm³/mol. The van der Waals surface area contributed by atoms with Gasteiger partial charge in [-0.05, 0) is 13.0 Å². The lowest BCUT2D eigenvalue weighted by Crippen LogP contribution is -2.05. The topological polar surface area (TPSA) is 77.1 Å². The molecule has 0 unspecified atom stereocenters. The van der Waals surface area contributed by atoms with Crippen molar-refractivity contribution in [3.63, 3.8) is 0 Å². The highest BCUT2D eigenvalue weighted by Crippen LogP contribution is 2.14. The van der Waals surface area contributed by atoms with Crippen molar-refractivity contribution in [2.24, 2.45) is 0 Å². The second-order valence-electron chi connectivity index (χ2n) is 3.39. The fourth-order valence-electron chi connectivity index (χ4n) is 1.45. The summed E-state index contributed by atoms with van der Waals surface area (Å²) >= 11 is 0. The molecule has 0 radical (unpaired) electrons. The van der Waals surface area contributed by atoms with Gasteiger partial charge >= 0.3 is 5.97 Å². The van der Waals surface area contributed by atoms with Gasteiger partial charge in [-0.25, -0.2) is 4.98 Å². The van der Waals surface area contributed by atoms with Gasteiger partial charge in [-0.2, -0.15) is 4.98 Å². The summed E-state index contributed by atoms with van der Waals surface area (Å²) in [6.45, 7) is 2.44. The normalized spacial score (nSPS) is 10.5. The number of carbonyl (C=O) groups is 1. The van der Waals surface area contributed by atoms with Crippen LogP contribution in [0.3, 0.4) is 0 Å². The van der Waals surface area contributed by atoms with Crippen molar-refractivity contribution in [3.8, 4) is 5.88 Å².